The summed E-state index contributed by atoms with van der Waals surface area (Å²) in [5.74, 6) is 0.504. The van der Waals surface area contributed by atoms with Gasteiger partial charge < -0.3 is 15.0 Å². The molecule has 1 aliphatic rings. The van der Waals surface area contributed by atoms with Crippen LogP contribution in [-0.2, 0) is 9.59 Å². The molecule has 0 spiro atoms. The molecule has 2 aromatic carbocycles. The van der Waals surface area contributed by atoms with Crippen LogP contribution in [0.4, 0.5) is 0 Å². The van der Waals surface area contributed by atoms with Crippen molar-refractivity contribution in [3.8, 4) is 17.6 Å². The van der Waals surface area contributed by atoms with Gasteiger partial charge in [0, 0.05) is 36.7 Å². The first-order valence-corrected chi connectivity index (χ1v) is 8.75. The summed E-state index contributed by atoms with van der Waals surface area (Å²) in [6, 6.07) is 16.6. The minimum atomic E-state index is -0.503. The minimum absolute atomic E-state index is 0.00354. The van der Waals surface area contributed by atoms with Gasteiger partial charge in [-0.3, -0.25) is 9.59 Å². The molecule has 0 aromatic heterocycles. The maximum Gasteiger partial charge on any atom is 0.262 e. The summed E-state index contributed by atoms with van der Waals surface area (Å²) in [4.78, 5) is 25.6. The predicted octanol–water partition coefficient (Wildman–Crippen LogP) is 3.23. The number of nitriles is 1. The number of carbonyl (C=O) groups excluding carboxylic acids is 2. The molecule has 2 amide bonds. The van der Waals surface area contributed by atoms with E-state index >= 15 is 0 Å². The molecular formula is C22H19N3O3. The van der Waals surface area contributed by atoms with Crippen LogP contribution >= 0.6 is 0 Å². The number of benzene rings is 2. The Balaban J connectivity index is 1.96. The van der Waals surface area contributed by atoms with Gasteiger partial charge in [-0.1, -0.05) is 43.0 Å². The quantitative estimate of drug-likeness (QED) is 0.550. The number of rotatable bonds is 5. The number of hydrogen-bond donors (Lipinski definition) is 1. The third kappa shape index (κ3) is 3.64. The van der Waals surface area contributed by atoms with E-state index in [1.54, 1.807) is 12.1 Å². The Hall–Kier alpha value is -3.85. The van der Waals surface area contributed by atoms with Gasteiger partial charge in [-0.25, -0.2) is 0 Å². The number of hydrogen-bond acceptors (Lipinski definition) is 4. The maximum absolute atomic E-state index is 12.8. The fourth-order valence-corrected chi connectivity index (χ4v) is 3.03. The molecule has 1 heterocycles. The number of ether oxygens (including phenoxy) is 1. The lowest BCUT2D eigenvalue weighted by Crippen LogP contribution is -2.35. The normalized spacial score (nSPS) is 11.2. The largest absolute Gasteiger partial charge is 0.456 e. The SMILES string of the molecule is C=CN(CCNC(=O)C(C#N)=C1c2ccccc2Oc2ccccc21)C(C)=O. The third-order valence-corrected chi connectivity index (χ3v) is 4.38. The molecule has 140 valence electrons. The molecule has 1 N–H and O–H groups in total. The van der Waals surface area contributed by atoms with Crippen LogP contribution in [0.25, 0.3) is 5.57 Å². The van der Waals surface area contributed by atoms with Gasteiger partial charge in [-0.2, -0.15) is 5.26 Å². The van der Waals surface area contributed by atoms with E-state index < -0.39 is 5.91 Å². The molecule has 2 aromatic rings. The van der Waals surface area contributed by atoms with Gasteiger partial charge in [-0.15, -0.1) is 0 Å². The first-order valence-electron chi connectivity index (χ1n) is 8.75. The van der Waals surface area contributed by atoms with Gasteiger partial charge in [0.25, 0.3) is 5.91 Å². The van der Waals surface area contributed by atoms with Gasteiger partial charge in [-0.05, 0) is 18.3 Å². The van der Waals surface area contributed by atoms with Crippen LogP contribution in [0.15, 0.2) is 66.9 Å². The molecule has 6 heteroatoms. The summed E-state index contributed by atoms with van der Waals surface area (Å²) in [5, 5.41) is 12.5. The van der Waals surface area contributed by atoms with E-state index in [9.17, 15) is 14.9 Å². The highest BCUT2D eigenvalue weighted by Crippen LogP contribution is 2.44. The predicted molar refractivity (Wildman–Crippen MR) is 105 cm³/mol. The van der Waals surface area contributed by atoms with Crippen molar-refractivity contribution in [1.29, 1.82) is 5.26 Å². The molecule has 0 aliphatic carbocycles. The average molecular weight is 373 g/mol. The smallest absolute Gasteiger partial charge is 0.262 e. The van der Waals surface area contributed by atoms with Crippen molar-refractivity contribution < 1.29 is 14.3 Å². The van der Waals surface area contributed by atoms with E-state index in [0.29, 0.717) is 28.2 Å². The topological polar surface area (TPSA) is 82.4 Å². The molecule has 6 nitrogen and oxygen atoms in total. The molecule has 0 fully saturated rings. The van der Waals surface area contributed by atoms with Gasteiger partial charge in [0.2, 0.25) is 5.91 Å². The Kier molecular flexibility index (Phi) is 5.56. The Morgan fingerprint density at radius 3 is 2.21 bits per heavy atom. The first-order chi connectivity index (χ1) is 13.6. The fraction of sp³-hybridized carbons (Fsp3) is 0.136. The van der Waals surface area contributed by atoms with E-state index in [4.69, 9.17) is 4.74 Å². The fourth-order valence-electron chi connectivity index (χ4n) is 3.03. The maximum atomic E-state index is 12.8. The second kappa shape index (κ2) is 8.23. The Morgan fingerprint density at radius 2 is 1.71 bits per heavy atom. The van der Waals surface area contributed by atoms with Gasteiger partial charge in [0.15, 0.2) is 0 Å². The highest BCUT2D eigenvalue weighted by Gasteiger charge is 2.27. The standard InChI is InChI=1S/C22H19N3O3/c1-3-25(15(2)26)13-12-24-22(27)18(14-23)21-16-8-4-6-10-19(16)28-20-11-7-5-9-17(20)21/h3-11H,1,12-13H2,2H3,(H,24,27). The zero-order chi connectivity index (χ0) is 20.1. The highest BCUT2D eigenvalue weighted by atomic mass is 16.5. The number of para-hydroxylation sites is 2. The van der Waals surface area contributed by atoms with Crippen LogP contribution in [0.2, 0.25) is 0 Å². The Bertz CT molecular complexity index is 970. The summed E-state index contributed by atoms with van der Waals surface area (Å²) < 4.78 is 5.91. The summed E-state index contributed by atoms with van der Waals surface area (Å²) in [6.07, 6.45) is 1.41. The van der Waals surface area contributed by atoms with Crippen molar-refractivity contribution in [1.82, 2.24) is 10.2 Å². The van der Waals surface area contributed by atoms with Crippen molar-refractivity contribution in [3.05, 3.63) is 78.0 Å². The third-order valence-electron chi connectivity index (χ3n) is 4.38. The zero-order valence-corrected chi connectivity index (χ0v) is 15.4. The molecular weight excluding hydrogens is 354 g/mol. The Morgan fingerprint density at radius 1 is 1.14 bits per heavy atom. The second-order valence-corrected chi connectivity index (χ2v) is 6.11. The van der Waals surface area contributed by atoms with Crippen molar-refractivity contribution in [2.45, 2.75) is 6.92 Å². The number of carbonyl (C=O) groups is 2. The summed E-state index contributed by atoms with van der Waals surface area (Å²) in [6.45, 7) is 5.46. The highest BCUT2D eigenvalue weighted by molar-refractivity contribution is 6.09. The minimum Gasteiger partial charge on any atom is -0.456 e. The summed E-state index contributed by atoms with van der Waals surface area (Å²) in [5.41, 5.74) is 1.90. The number of nitrogens with one attached hydrogen (secondary N) is 1. The molecule has 0 radical (unpaired) electrons. The van der Waals surface area contributed by atoms with Crippen molar-refractivity contribution in [2.24, 2.45) is 0 Å². The van der Waals surface area contributed by atoms with E-state index in [1.807, 2.05) is 42.5 Å². The van der Waals surface area contributed by atoms with Crippen LogP contribution in [0.3, 0.4) is 0 Å². The van der Waals surface area contributed by atoms with Crippen LogP contribution in [0, 0.1) is 11.3 Å². The van der Waals surface area contributed by atoms with Crippen LogP contribution in [-0.4, -0.2) is 29.8 Å². The molecule has 0 saturated carbocycles. The summed E-state index contributed by atoms with van der Waals surface area (Å²) in [7, 11) is 0. The molecule has 28 heavy (non-hydrogen) atoms. The first kappa shape index (κ1) is 18.9. The van der Waals surface area contributed by atoms with E-state index in [0.717, 1.165) is 0 Å². The lowest BCUT2D eigenvalue weighted by atomic mass is 9.90. The van der Waals surface area contributed by atoms with Crippen molar-refractivity contribution in [3.63, 3.8) is 0 Å². The number of fused-ring (bicyclic) bond motifs is 2. The summed E-state index contributed by atoms with van der Waals surface area (Å²) >= 11 is 0. The second-order valence-electron chi connectivity index (χ2n) is 6.11. The van der Waals surface area contributed by atoms with E-state index in [2.05, 4.69) is 11.9 Å². The van der Waals surface area contributed by atoms with Crippen LogP contribution in [0.5, 0.6) is 11.5 Å². The number of amides is 2. The molecule has 0 atom stereocenters. The van der Waals surface area contributed by atoms with Gasteiger partial charge >= 0.3 is 0 Å². The van der Waals surface area contributed by atoms with Gasteiger partial charge in [0.05, 0.1) is 0 Å². The molecule has 0 unspecified atom stereocenters. The van der Waals surface area contributed by atoms with Crippen LogP contribution in [0.1, 0.15) is 18.1 Å². The van der Waals surface area contributed by atoms with Crippen molar-refractivity contribution in [2.75, 3.05) is 13.1 Å². The number of nitrogens with zero attached hydrogens (tertiary/aromatic N) is 2. The van der Waals surface area contributed by atoms with Gasteiger partial charge in [0.1, 0.15) is 23.1 Å². The average Bonchev–Trinajstić information content (AvgIpc) is 2.71. The Labute approximate surface area is 163 Å². The molecule has 3 rings (SSSR count). The van der Waals surface area contributed by atoms with Crippen molar-refractivity contribution >= 4 is 17.4 Å². The van der Waals surface area contributed by atoms with E-state index in [-0.39, 0.29) is 24.6 Å². The lowest BCUT2D eigenvalue weighted by molar-refractivity contribution is -0.126. The van der Waals surface area contributed by atoms with Crippen LogP contribution < -0.4 is 10.1 Å². The lowest BCUT2D eigenvalue weighted by Gasteiger charge is -2.23. The molecule has 0 saturated heterocycles. The molecule has 1 aliphatic heterocycles. The van der Waals surface area contributed by atoms with E-state index in [1.165, 1.54) is 18.0 Å². The molecule has 0 bridgehead atoms. The zero-order valence-electron chi connectivity index (χ0n) is 15.4. The monoisotopic (exact) mass is 373 g/mol.